The quantitative estimate of drug-likeness (QED) is 0.748. The zero-order valence-corrected chi connectivity index (χ0v) is 12.8. The summed E-state index contributed by atoms with van der Waals surface area (Å²) in [5.74, 6) is 0.675. The van der Waals surface area contributed by atoms with Crippen LogP contribution in [0.4, 0.5) is 0 Å². The lowest BCUT2D eigenvalue weighted by molar-refractivity contribution is 0.0141. The summed E-state index contributed by atoms with van der Waals surface area (Å²) >= 11 is 3.36. The predicted molar refractivity (Wildman–Crippen MR) is 75.3 cm³/mol. The molecular weight excluding hydrogens is 296 g/mol. The van der Waals surface area contributed by atoms with Crippen LogP contribution in [0.1, 0.15) is 37.0 Å². The summed E-state index contributed by atoms with van der Waals surface area (Å²) in [4.78, 5) is 12.1. The van der Waals surface area contributed by atoms with E-state index in [1.807, 2.05) is 19.9 Å². The van der Waals surface area contributed by atoms with E-state index in [2.05, 4.69) is 15.9 Å². The van der Waals surface area contributed by atoms with E-state index in [1.54, 1.807) is 26.4 Å². The van der Waals surface area contributed by atoms with Gasteiger partial charge in [0, 0.05) is 18.0 Å². The maximum atomic E-state index is 12.1. The molecule has 0 aliphatic carbocycles. The molecule has 0 spiro atoms. The van der Waals surface area contributed by atoms with Crippen molar-refractivity contribution in [2.75, 3.05) is 14.2 Å². The fourth-order valence-electron chi connectivity index (χ4n) is 1.55. The molecule has 3 nitrogen and oxygen atoms in total. The molecule has 1 rings (SSSR count). The predicted octanol–water partition coefficient (Wildman–Crippen LogP) is 3.85. The number of halogens is 1. The number of hydrogen-bond donors (Lipinski definition) is 0. The van der Waals surface area contributed by atoms with Gasteiger partial charge in [-0.15, -0.1) is 0 Å². The highest BCUT2D eigenvalue weighted by Crippen LogP contribution is 2.26. The van der Waals surface area contributed by atoms with Crippen molar-refractivity contribution in [2.24, 2.45) is 0 Å². The summed E-state index contributed by atoms with van der Waals surface area (Å²) in [7, 11) is 3.22. The number of ether oxygens (including phenoxy) is 2. The largest absolute Gasteiger partial charge is 0.496 e. The smallest absolute Gasteiger partial charge is 0.166 e. The Kier molecular flexibility index (Phi) is 5.35. The number of methoxy groups -OCH3 is 2. The average molecular weight is 315 g/mol. The molecule has 4 heteroatoms. The van der Waals surface area contributed by atoms with Gasteiger partial charge in [-0.3, -0.25) is 4.79 Å². The van der Waals surface area contributed by atoms with Crippen LogP contribution < -0.4 is 4.74 Å². The van der Waals surface area contributed by atoms with Gasteiger partial charge in [0.1, 0.15) is 5.75 Å². The Labute approximate surface area is 117 Å². The number of Topliss-reactive ketones (excluding diaryl/α,β-unsaturated/α-hetero) is 1. The van der Waals surface area contributed by atoms with Crippen molar-refractivity contribution < 1.29 is 14.3 Å². The van der Waals surface area contributed by atoms with Gasteiger partial charge in [0.05, 0.1) is 18.3 Å². The number of benzene rings is 1. The van der Waals surface area contributed by atoms with E-state index >= 15 is 0 Å². The zero-order chi connectivity index (χ0) is 13.8. The number of rotatable bonds is 6. The van der Waals surface area contributed by atoms with Crippen LogP contribution in [0.2, 0.25) is 0 Å². The first-order valence-electron chi connectivity index (χ1n) is 5.81. The summed E-state index contributed by atoms with van der Waals surface area (Å²) in [6.07, 6.45) is 1.13. The van der Waals surface area contributed by atoms with E-state index in [9.17, 15) is 4.79 Å². The highest BCUT2D eigenvalue weighted by molar-refractivity contribution is 9.10. The normalized spacial score (nSPS) is 11.4. The van der Waals surface area contributed by atoms with E-state index in [1.165, 1.54) is 0 Å². The van der Waals surface area contributed by atoms with Gasteiger partial charge in [0.25, 0.3) is 0 Å². The van der Waals surface area contributed by atoms with Crippen molar-refractivity contribution >= 4 is 21.7 Å². The minimum Gasteiger partial charge on any atom is -0.496 e. The SMILES string of the molecule is COc1cc(Br)ccc1C(=O)CCC(C)(C)OC. The third-order valence-corrected chi connectivity index (χ3v) is 3.46. The van der Waals surface area contributed by atoms with Gasteiger partial charge in [-0.05, 0) is 38.5 Å². The molecule has 100 valence electrons. The number of hydrogen-bond acceptors (Lipinski definition) is 3. The van der Waals surface area contributed by atoms with Crippen molar-refractivity contribution in [3.8, 4) is 5.75 Å². The van der Waals surface area contributed by atoms with Gasteiger partial charge in [-0.2, -0.15) is 0 Å². The molecule has 0 saturated heterocycles. The molecule has 0 amide bonds. The molecule has 0 fully saturated rings. The van der Waals surface area contributed by atoms with Gasteiger partial charge >= 0.3 is 0 Å². The van der Waals surface area contributed by atoms with Crippen LogP contribution in [-0.4, -0.2) is 25.6 Å². The third kappa shape index (κ3) is 4.10. The van der Waals surface area contributed by atoms with Crippen LogP contribution in [0.3, 0.4) is 0 Å². The molecule has 0 N–H and O–H groups in total. The molecule has 1 aromatic carbocycles. The second-order valence-electron chi connectivity index (χ2n) is 4.73. The van der Waals surface area contributed by atoms with E-state index in [0.717, 1.165) is 4.47 Å². The summed E-state index contributed by atoms with van der Waals surface area (Å²) in [6, 6.07) is 5.43. The maximum Gasteiger partial charge on any atom is 0.166 e. The molecule has 0 aliphatic heterocycles. The summed E-state index contributed by atoms with van der Waals surface area (Å²) in [6.45, 7) is 3.94. The Morgan fingerprint density at radius 2 is 2.00 bits per heavy atom. The topological polar surface area (TPSA) is 35.5 Å². The first-order chi connectivity index (χ1) is 8.39. The van der Waals surface area contributed by atoms with Gasteiger partial charge in [-0.1, -0.05) is 15.9 Å². The second kappa shape index (κ2) is 6.34. The molecule has 0 radical (unpaired) electrons. The summed E-state index contributed by atoms with van der Waals surface area (Å²) < 4.78 is 11.4. The highest BCUT2D eigenvalue weighted by atomic mass is 79.9. The fraction of sp³-hybridized carbons (Fsp3) is 0.500. The molecule has 0 atom stereocenters. The second-order valence-corrected chi connectivity index (χ2v) is 5.65. The maximum absolute atomic E-state index is 12.1. The molecule has 0 unspecified atom stereocenters. The summed E-state index contributed by atoms with van der Waals surface area (Å²) in [5, 5.41) is 0. The van der Waals surface area contributed by atoms with Crippen molar-refractivity contribution in [3.05, 3.63) is 28.2 Å². The lowest BCUT2D eigenvalue weighted by Gasteiger charge is -2.22. The summed E-state index contributed by atoms with van der Waals surface area (Å²) in [5.41, 5.74) is 0.339. The molecule has 18 heavy (non-hydrogen) atoms. The van der Waals surface area contributed by atoms with Crippen LogP contribution in [0, 0.1) is 0 Å². The molecular formula is C14H19BrO3. The van der Waals surface area contributed by atoms with Crippen LogP contribution >= 0.6 is 15.9 Å². The van der Waals surface area contributed by atoms with Gasteiger partial charge < -0.3 is 9.47 Å². The van der Waals surface area contributed by atoms with Crippen molar-refractivity contribution in [1.82, 2.24) is 0 Å². The minimum atomic E-state index is -0.280. The molecule has 0 heterocycles. The lowest BCUT2D eigenvalue weighted by Crippen LogP contribution is -2.23. The van der Waals surface area contributed by atoms with Gasteiger partial charge in [0.15, 0.2) is 5.78 Å². The lowest BCUT2D eigenvalue weighted by atomic mass is 9.97. The molecule has 1 aromatic rings. The number of carbonyl (C=O) groups is 1. The Morgan fingerprint density at radius 3 is 2.56 bits per heavy atom. The average Bonchev–Trinajstić information content (AvgIpc) is 2.36. The third-order valence-electron chi connectivity index (χ3n) is 2.97. The number of carbonyl (C=O) groups excluding carboxylic acids is 1. The van der Waals surface area contributed by atoms with Crippen molar-refractivity contribution in [1.29, 1.82) is 0 Å². The first kappa shape index (κ1) is 15.2. The standard InChI is InChI=1S/C14H19BrO3/c1-14(2,18-4)8-7-12(16)11-6-5-10(15)9-13(11)17-3/h5-6,9H,7-8H2,1-4H3. The Bertz CT molecular complexity index is 427. The van der Waals surface area contributed by atoms with E-state index in [4.69, 9.17) is 9.47 Å². The van der Waals surface area contributed by atoms with Crippen LogP contribution in [0.5, 0.6) is 5.75 Å². The monoisotopic (exact) mass is 314 g/mol. The van der Waals surface area contributed by atoms with Crippen molar-refractivity contribution in [3.63, 3.8) is 0 Å². The van der Waals surface area contributed by atoms with Gasteiger partial charge in [0.2, 0.25) is 0 Å². The minimum absolute atomic E-state index is 0.0736. The zero-order valence-electron chi connectivity index (χ0n) is 11.2. The Balaban J connectivity index is 2.79. The molecule has 0 bridgehead atoms. The number of ketones is 1. The Hall–Kier alpha value is -0.870. The highest BCUT2D eigenvalue weighted by Gasteiger charge is 2.20. The molecule has 0 saturated carbocycles. The molecule has 0 aromatic heterocycles. The Morgan fingerprint density at radius 1 is 1.33 bits per heavy atom. The fourth-order valence-corrected chi connectivity index (χ4v) is 1.89. The first-order valence-corrected chi connectivity index (χ1v) is 6.61. The van der Waals surface area contributed by atoms with Crippen LogP contribution in [0.15, 0.2) is 22.7 Å². The van der Waals surface area contributed by atoms with Crippen LogP contribution in [-0.2, 0) is 4.74 Å². The van der Waals surface area contributed by atoms with Gasteiger partial charge in [-0.25, -0.2) is 0 Å². The van der Waals surface area contributed by atoms with Crippen LogP contribution in [0.25, 0.3) is 0 Å². The van der Waals surface area contributed by atoms with E-state index in [0.29, 0.717) is 24.2 Å². The molecule has 0 aliphatic rings. The van der Waals surface area contributed by atoms with E-state index < -0.39 is 0 Å². The van der Waals surface area contributed by atoms with E-state index in [-0.39, 0.29) is 11.4 Å². The van der Waals surface area contributed by atoms with Crippen molar-refractivity contribution in [2.45, 2.75) is 32.3 Å².